The third kappa shape index (κ3) is 6.41. The molecule has 0 aliphatic rings. The molecule has 2 amide bonds. The zero-order chi connectivity index (χ0) is 14.1. The van der Waals surface area contributed by atoms with Gasteiger partial charge in [-0.15, -0.1) is 0 Å². The van der Waals surface area contributed by atoms with Crippen molar-refractivity contribution in [3.05, 3.63) is 18.2 Å². The van der Waals surface area contributed by atoms with Crippen molar-refractivity contribution >= 4 is 12.0 Å². The Morgan fingerprint density at radius 3 is 2.89 bits per heavy atom. The van der Waals surface area contributed by atoms with Crippen molar-refractivity contribution in [2.45, 2.75) is 26.0 Å². The lowest BCUT2D eigenvalue weighted by Gasteiger charge is -2.15. The predicted molar refractivity (Wildman–Crippen MR) is 66.5 cm³/mol. The monoisotopic (exact) mass is 270 g/mol. The number of urea groups is 1. The van der Waals surface area contributed by atoms with Gasteiger partial charge in [0, 0.05) is 25.5 Å². The summed E-state index contributed by atoms with van der Waals surface area (Å²) < 4.78 is 5.21. The van der Waals surface area contributed by atoms with Crippen LogP contribution in [0.25, 0.3) is 0 Å². The highest BCUT2D eigenvalue weighted by molar-refractivity contribution is 5.74. The summed E-state index contributed by atoms with van der Waals surface area (Å²) >= 11 is 0. The van der Waals surface area contributed by atoms with Crippen molar-refractivity contribution in [1.82, 2.24) is 20.6 Å². The summed E-state index contributed by atoms with van der Waals surface area (Å²) in [5.74, 6) is -0.321. The molecule has 0 saturated heterocycles. The molecule has 1 atom stereocenters. The third-order valence-electron chi connectivity index (χ3n) is 2.27. The van der Waals surface area contributed by atoms with Crippen LogP contribution in [-0.4, -0.2) is 46.3 Å². The zero-order valence-corrected chi connectivity index (χ0v) is 10.7. The number of carboxylic acids is 1. The molecule has 1 rings (SSSR count). The van der Waals surface area contributed by atoms with Gasteiger partial charge in [-0.05, 0) is 6.92 Å². The fourth-order valence-electron chi connectivity index (χ4n) is 1.45. The van der Waals surface area contributed by atoms with E-state index in [0.717, 1.165) is 0 Å². The number of amides is 2. The van der Waals surface area contributed by atoms with Crippen LogP contribution in [0.5, 0.6) is 0 Å². The number of hydrogen-bond donors (Lipinski definition) is 4. The number of nitrogens with one attached hydrogen (secondary N) is 3. The van der Waals surface area contributed by atoms with E-state index in [-0.39, 0.29) is 19.5 Å². The highest BCUT2D eigenvalue weighted by Gasteiger charge is 2.14. The number of carboxylic acid groups (broad SMARTS) is 1. The maximum absolute atomic E-state index is 11.5. The molecular weight excluding hydrogens is 252 g/mol. The quantitative estimate of drug-likeness (QED) is 0.534. The summed E-state index contributed by atoms with van der Waals surface area (Å²) in [6, 6.07) is -0.397. The summed E-state index contributed by atoms with van der Waals surface area (Å²) in [7, 11) is 0. The van der Waals surface area contributed by atoms with E-state index in [0.29, 0.717) is 12.4 Å². The van der Waals surface area contributed by atoms with Crippen molar-refractivity contribution < 1.29 is 19.4 Å². The number of ether oxygens (including phenoxy) is 1. The summed E-state index contributed by atoms with van der Waals surface area (Å²) in [6.45, 7) is 2.58. The second kappa shape index (κ2) is 8.09. The molecule has 4 N–H and O–H groups in total. The Labute approximate surface area is 110 Å². The van der Waals surface area contributed by atoms with Gasteiger partial charge in [0.05, 0.1) is 19.1 Å². The van der Waals surface area contributed by atoms with Crippen molar-refractivity contribution in [1.29, 1.82) is 0 Å². The molecule has 8 heteroatoms. The molecule has 0 spiro atoms. The highest BCUT2D eigenvalue weighted by atomic mass is 16.5. The van der Waals surface area contributed by atoms with Gasteiger partial charge in [-0.1, -0.05) is 0 Å². The summed E-state index contributed by atoms with van der Waals surface area (Å²) in [5, 5.41) is 13.8. The Bertz CT molecular complexity index is 393. The van der Waals surface area contributed by atoms with Crippen LogP contribution in [-0.2, 0) is 16.1 Å². The van der Waals surface area contributed by atoms with Gasteiger partial charge in [0.2, 0.25) is 0 Å². The molecule has 1 aromatic heterocycles. The maximum Gasteiger partial charge on any atom is 0.315 e. The normalized spacial score (nSPS) is 11.8. The van der Waals surface area contributed by atoms with Gasteiger partial charge in [-0.2, -0.15) is 0 Å². The standard InChI is InChI=1S/C11H18N4O4/c1-2-19-8(5-10(16)17)6-14-11(18)15-7-9-12-3-4-13-9/h3-4,8H,2,5-7H2,1H3,(H,12,13)(H,16,17)(H2,14,15,18). The lowest BCUT2D eigenvalue weighted by atomic mass is 10.2. The van der Waals surface area contributed by atoms with Gasteiger partial charge < -0.3 is 25.5 Å². The van der Waals surface area contributed by atoms with Gasteiger partial charge in [0.15, 0.2) is 0 Å². The number of H-pyrrole nitrogens is 1. The second-order valence-electron chi connectivity index (χ2n) is 3.77. The average molecular weight is 270 g/mol. The largest absolute Gasteiger partial charge is 0.481 e. The Kier molecular flexibility index (Phi) is 6.37. The maximum atomic E-state index is 11.5. The first-order chi connectivity index (χ1) is 9.11. The molecule has 8 nitrogen and oxygen atoms in total. The van der Waals surface area contributed by atoms with E-state index >= 15 is 0 Å². The molecular formula is C11H18N4O4. The van der Waals surface area contributed by atoms with Crippen LogP contribution >= 0.6 is 0 Å². The Morgan fingerprint density at radius 2 is 2.32 bits per heavy atom. The molecule has 1 heterocycles. The lowest BCUT2D eigenvalue weighted by molar-refractivity contribution is -0.140. The lowest BCUT2D eigenvalue weighted by Crippen LogP contribution is -2.41. The van der Waals surface area contributed by atoms with Crippen molar-refractivity contribution in [3.63, 3.8) is 0 Å². The van der Waals surface area contributed by atoms with Crippen LogP contribution in [0.2, 0.25) is 0 Å². The fraction of sp³-hybridized carbons (Fsp3) is 0.545. The minimum atomic E-state index is -0.962. The smallest absolute Gasteiger partial charge is 0.315 e. The molecule has 0 bridgehead atoms. The number of carbonyl (C=O) groups excluding carboxylic acids is 1. The van der Waals surface area contributed by atoms with E-state index in [1.54, 1.807) is 19.3 Å². The topological polar surface area (TPSA) is 116 Å². The van der Waals surface area contributed by atoms with Crippen LogP contribution in [0.15, 0.2) is 12.4 Å². The number of aromatic amines is 1. The van der Waals surface area contributed by atoms with E-state index in [1.807, 2.05) is 0 Å². The van der Waals surface area contributed by atoms with Crippen LogP contribution in [0.1, 0.15) is 19.2 Å². The van der Waals surface area contributed by atoms with E-state index in [1.165, 1.54) is 0 Å². The number of imidazole rings is 1. The SMILES string of the molecule is CCOC(CNC(=O)NCc1ncc[nH]1)CC(=O)O. The number of hydrogen-bond acceptors (Lipinski definition) is 4. The number of rotatable bonds is 8. The molecule has 0 aliphatic carbocycles. The molecule has 0 aromatic carbocycles. The van der Waals surface area contributed by atoms with Gasteiger partial charge >= 0.3 is 12.0 Å². The predicted octanol–water partition coefficient (Wildman–Crippen LogP) is 0.0887. The minimum Gasteiger partial charge on any atom is -0.481 e. The van der Waals surface area contributed by atoms with Crippen molar-refractivity contribution in [2.24, 2.45) is 0 Å². The highest BCUT2D eigenvalue weighted by Crippen LogP contribution is 1.97. The fourth-order valence-corrected chi connectivity index (χ4v) is 1.45. The molecule has 1 unspecified atom stereocenters. The molecule has 0 fully saturated rings. The molecule has 106 valence electrons. The van der Waals surface area contributed by atoms with E-state index in [4.69, 9.17) is 9.84 Å². The van der Waals surface area contributed by atoms with Crippen LogP contribution in [0.3, 0.4) is 0 Å². The van der Waals surface area contributed by atoms with Gasteiger partial charge in [-0.25, -0.2) is 9.78 Å². The molecule has 1 aromatic rings. The number of nitrogens with zero attached hydrogens (tertiary/aromatic N) is 1. The van der Waals surface area contributed by atoms with E-state index in [9.17, 15) is 9.59 Å². The van der Waals surface area contributed by atoms with Crippen LogP contribution in [0, 0.1) is 0 Å². The minimum absolute atomic E-state index is 0.143. The van der Waals surface area contributed by atoms with Gasteiger partial charge in [-0.3, -0.25) is 4.79 Å². The van der Waals surface area contributed by atoms with Crippen LogP contribution < -0.4 is 10.6 Å². The molecule has 0 saturated carbocycles. The van der Waals surface area contributed by atoms with Crippen molar-refractivity contribution in [3.8, 4) is 0 Å². The van der Waals surface area contributed by atoms with E-state index in [2.05, 4.69) is 20.6 Å². The summed E-state index contributed by atoms with van der Waals surface area (Å²) in [5.41, 5.74) is 0. The third-order valence-corrected chi connectivity index (χ3v) is 2.27. The molecule has 0 aliphatic heterocycles. The molecule has 0 radical (unpaired) electrons. The first-order valence-electron chi connectivity index (χ1n) is 5.95. The first-order valence-corrected chi connectivity index (χ1v) is 5.95. The zero-order valence-electron chi connectivity index (χ0n) is 10.7. The number of carbonyl (C=O) groups is 2. The Morgan fingerprint density at radius 1 is 1.53 bits per heavy atom. The van der Waals surface area contributed by atoms with Crippen LogP contribution in [0.4, 0.5) is 4.79 Å². The Balaban J connectivity index is 2.24. The molecule has 19 heavy (non-hydrogen) atoms. The second-order valence-corrected chi connectivity index (χ2v) is 3.77. The summed E-state index contributed by atoms with van der Waals surface area (Å²) in [4.78, 5) is 28.9. The number of aromatic nitrogens is 2. The first kappa shape index (κ1) is 15.0. The summed E-state index contributed by atoms with van der Waals surface area (Å²) in [6.07, 6.45) is 2.57. The average Bonchev–Trinajstić information content (AvgIpc) is 2.86. The van der Waals surface area contributed by atoms with Gasteiger partial charge in [0.1, 0.15) is 5.82 Å². The van der Waals surface area contributed by atoms with E-state index < -0.39 is 18.1 Å². The Hall–Kier alpha value is -2.09. The van der Waals surface area contributed by atoms with Crippen molar-refractivity contribution in [2.75, 3.05) is 13.2 Å². The van der Waals surface area contributed by atoms with Gasteiger partial charge in [0.25, 0.3) is 0 Å². The number of aliphatic carboxylic acids is 1.